The summed E-state index contributed by atoms with van der Waals surface area (Å²) in [4.78, 5) is 28.1. The standard InChI is InChI=1S/C21H26F4N6O3/c1-20(2,3)34-19(33)30-12-10-29(11-13-30)9-8-26-18(32)16-17(21(23,24)25)31(28-27-16)15-6-4-14(22)5-7-15/h4-7H,8-13H2,1-3H3,(H,26,32). The zero-order valence-corrected chi connectivity index (χ0v) is 19.0. The van der Waals surface area contributed by atoms with Gasteiger partial charge in [-0.15, -0.1) is 5.10 Å². The van der Waals surface area contributed by atoms with E-state index in [0.29, 0.717) is 37.4 Å². The van der Waals surface area contributed by atoms with Crippen molar-refractivity contribution < 1.29 is 31.9 Å². The van der Waals surface area contributed by atoms with Gasteiger partial charge in [0.25, 0.3) is 5.91 Å². The molecule has 0 unspecified atom stereocenters. The van der Waals surface area contributed by atoms with Crippen molar-refractivity contribution >= 4 is 12.0 Å². The van der Waals surface area contributed by atoms with Crippen LogP contribution in [-0.2, 0) is 10.9 Å². The monoisotopic (exact) mass is 486 g/mol. The van der Waals surface area contributed by atoms with Crippen molar-refractivity contribution in [2.75, 3.05) is 39.3 Å². The van der Waals surface area contributed by atoms with E-state index in [2.05, 4.69) is 15.6 Å². The molecule has 34 heavy (non-hydrogen) atoms. The Kier molecular flexibility index (Phi) is 7.44. The fourth-order valence-electron chi connectivity index (χ4n) is 3.34. The molecule has 1 aliphatic rings. The Bertz CT molecular complexity index is 1010. The molecule has 1 N–H and O–H groups in total. The highest BCUT2D eigenvalue weighted by Crippen LogP contribution is 2.32. The van der Waals surface area contributed by atoms with Gasteiger partial charge >= 0.3 is 12.3 Å². The van der Waals surface area contributed by atoms with Gasteiger partial charge in [-0.05, 0) is 45.0 Å². The van der Waals surface area contributed by atoms with E-state index in [0.717, 1.165) is 24.3 Å². The molecule has 2 amide bonds. The molecule has 2 aromatic rings. The summed E-state index contributed by atoms with van der Waals surface area (Å²) in [7, 11) is 0. The van der Waals surface area contributed by atoms with Crippen molar-refractivity contribution in [3.8, 4) is 5.69 Å². The van der Waals surface area contributed by atoms with Crippen LogP contribution in [0.4, 0.5) is 22.4 Å². The summed E-state index contributed by atoms with van der Waals surface area (Å²) in [5.74, 6) is -1.64. The number of piperazine rings is 1. The first-order chi connectivity index (χ1) is 15.8. The summed E-state index contributed by atoms with van der Waals surface area (Å²) in [6, 6.07) is 4.19. The smallest absolute Gasteiger partial charge is 0.435 e. The number of nitrogens with zero attached hydrogens (tertiary/aromatic N) is 5. The largest absolute Gasteiger partial charge is 0.444 e. The van der Waals surface area contributed by atoms with Gasteiger partial charge in [0.2, 0.25) is 0 Å². The lowest BCUT2D eigenvalue weighted by Gasteiger charge is -2.35. The normalized spacial score (nSPS) is 15.3. The van der Waals surface area contributed by atoms with E-state index in [1.165, 1.54) is 0 Å². The molecule has 1 aromatic carbocycles. The zero-order valence-electron chi connectivity index (χ0n) is 19.0. The third kappa shape index (κ3) is 6.43. The minimum Gasteiger partial charge on any atom is -0.444 e. The van der Waals surface area contributed by atoms with Gasteiger partial charge in [-0.1, -0.05) is 5.21 Å². The zero-order chi connectivity index (χ0) is 25.1. The number of carbonyl (C=O) groups is 2. The first-order valence-corrected chi connectivity index (χ1v) is 10.6. The molecule has 0 bridgehead atoms. The van der Waals surface area contributed by atoms with Crippen LogP contribution < -0.4 is 5.32 Å². The van der Waals surface area contributed by atoms with E-state index in [1.807, 2.05) is 4.90 Å². The summed E-state index contributed by atoms with van der Waals surface area (Å²) >= 11 is 0. The van der Waals surface area contributed by atoms with Crippen LogP contribution in [0.1, 0.15) is 37.0 Å². The molecule has 0 atom stereocenters. The van der Waals surface area contributed by atoms with E-state index in [1.54, 1.807) is 25.7 Å². The third-order valence-electron chi connectivity index (χ3n) is 4.96. The van der Waals surface area contributed by atoms with Crippen molar-refractivity contribution in [2.24, 2.45) is 0 Å². The van der Waals surface area contributed by atoms with Crippen molar-refractivity contribution in [3.05, 3.63) is 41.5 Å². The second-order valence-corrected chi connectivity index (χ2v) is 8.74. The first kappa shape index (κ1) is 25.4. The van der Waals surface area contributed by atoms with Gasteiger partial charge in [-0.2, -0.15) is 13.2 Å². The second kappa shape index (κ2) is 9.95. The van der Waals surface area contributed by atoms with Gasteiger partial charge in [-0.3, -0.25) is 9.69 Å². The molecule has 1 fully saturated rings. The highest BCUT2D eigenvalue weighted by atomic mass is 19.4. The van der Waals surface area contributed by atoms with Gasteiger partial charge in [0.1, 0.15) is 11.4 Å². The summed E-state index contributed by atoms with van der Waals surface area (Å²) in [5, 5.41) is 9.31. The molecular formula is C21H26F4N6O3. The summed E-state index contributed by atoms with van der Waals surface area (Å²) in [5.41, 5.74) is -2.89. The van der Waals surface area contributed by atoms with E-state index in [4.69, 9.17) is 4.74 Å². The topological polar surface area (TPSA) is 92.6 Å². The lowest BCUT2D eigenvalue weighted by atomic mass is 10.2. The molecule has 0 saturated carbocycles. The minimum atomic E-state index is -4.91. The maximum absolute atomic E-state index is 13.7. The lowest BCUT2D eigenvalue weighted by molar-refractivity contribution is -0.143. The Balaban J connectivity index is 1.57. The lowest BCUT2D eigenvalue weighted by Crippen LogP contribution is -2.51. The number of ether oxygens (including phenoxy) is 1. The SMILES string of the molecule is CC(C)(C)OC(=O)N1CCN(CCNC(=O)c2nnn(-c3ccc(F)cc3)c2C(F)(F)F)CC1. The predicted octanol–water partition coefficient (Wildman–Crippen LogP) is 2.71. The van der Waals surface area contributed by atoms with E-state index in [9.17, 15) is 27.2 Å². The Morgan fingerprint density at radius 1 is 1.06 bits per heavy atom. The maximum atomic E-state index is 13.7. The Morgan fingerprint density at radius 3 is 2.24 bits per heavy atom. The maximum Gasteiger partial charge on any atom is 0.435 e. The molecule has 0 radical (unpaired) electrons. The van der Waals surface area contributed by atoms with E-state index >= 15 is 0 Å². The molecule has 13 heteroatoms. The molecule has 3 rings (SSSR count). The Hall–Kier alpha value is -3.22. The van der Waals surface area contributed by atoms with Crippen LogP contribution in [0.15, 0.2) is 24.3 Å². The number of hydrogen-bond acceptors (Lipinski definition) is 6. The second-order valence-electron chi connectivity index (χ2n) is 8.74. The number of alkyl halides is 3. The van der Waals surface area contributed by atoms with Crippen LogP contribution in [0.3, 0.4) is 0 Å². The molecule has 9 nitrogen and oxygen atoms in total. The van der Waals surface area contributed by atoms with Gasteiger partial charge < -0.3 is 15.0 Å². The van der Waals surface area contributed by atoms with Crippen LogP contribution >= 0.6 is 0 Å². The Morgan fingerprint density at radius 2 is 1.68 bits per heavy atom. The highest BCUT2D eigenvalue weighted by molar-refractivity contribution is 5.93. The Labute approximate surface area is 193 Å². The molecular weight excluding hydrogens is 460 g/mol. The number of carbonyl (C=O) groups excluding carboxylic acids is 2. The fraction of sp³-hybridized carbons (Fsp3) is 0.524. The minimum absolute atomic E-state index is 0.0754. The number of hydrogen-bond donors (Lipinski definition) is 1. The van der Waals surface area contributed by atoms with E-state index in [-0.39, 0.29) is 12.2 Å². The van der Waals surface area contributed by atoms with Crippen molar-refractivity contribution in [3.63, 3.8) is 0 Å². The summed E-state index contributed by atoms with van der Waals surface area (Å²) in [6.07, 6.45) is -5.31. The highest BCUT2D eigenvalue weighted by Gasteiger charge is 2.42. The van der Waals surface area contributed by atoms with Crippen molar-refractivity contribution in [1.29, 1.82) is 0 Å². The number of aromatic nitrogens is 3. The number of benzene rings is 1. The van der Waals surface area contributed by atoms with Crippen LogP contribution in [-0.4, -0.2) is 81.7 Å². The number of amides is 2. The average Bonchev–Trinajstić information content (AvgIpc) is 3.19. The number of rotatable bonds is 5. The van der Waals surface area contributed by atoms with Crippen molar-refractivity contribution in [1.82, 2.24) is 30.1 Å². The van der Waals surface area contributed by atoms with Gasteiger partial charge in [-0.25, -0.2) is 13.9 Å². The van der Waals surface area contributed by atoms with Gasteiger partial charge in [0.15, 0.2) is 11.4 Å². The molecule has 1 aromatic heterocycles. The van der Waals surface area contributed by atoms with Gasteiger partial charge in [0.05, 0.1) is 5.69 Å². The molecule has 2 heterocycles. The van der Waals surface area contributed by atoms with Crippen LogP contribution in [0.5, 0.6) is 0 Å². The van der Waals surface area contributed by atoms with Crippen LogP contribution in [0.25, 0.3) is 5.69 Å². The molecule has 1 saturated heterocycles. The van der Waals surface area contributed by atoms with Gasteiger partial charge in [0, 0.05) is 39.3 Å². The van der Waals surface area contributed by atoms with Crippen LogP contribution in [0.2, 0.25) is 0 Å². The van der Waals surface area contributed by atoms with Crippen LogP contribution in [0, 0.1) is 5.82 Å². The quantitative estimate of drug-likeness (QED) is 0.654. The summed E-state index contributed by atoms with van der Waals surface area (Å²) < 4.78 is 60.0. The third-order valence-corrected chi connectivity index (χ3v) is 4.96. The molecule has 1 aliphatic heterocycles. The van der Waals surface area contributed by atoms with E-state index < -0.39 is 41.0 Å². The average molecular weight is 486 g/mol. The molecule has 186 valence electrons. The molecule has 0 spiro atoms. The number of nitrogens with one attached hydrogen (secondary N) is 1. The first-order valence-electron chi connectivity index (χ1n) is 10.6. The number of halogens is 4. The predicted molar refractivity (Wildman–Crippen MR) is 113 cm³/mol. The summed E-state index contributed by atoms with van der Waals surface area (Å²) in [6.45, 7) is 7.74. The molecule has 0 aliphatic carbocycles. The van der Waals surface area contributed by atoms with Crippen molar-refractivity contribution in [2.45, 2.75) is 32.5 Å². The fourth-order valence-corrected chi connectivity index (χ4v) is 3.34.